The van der Waals surface area contributed by atoms with E-state index in [2.05, 4.69) is 45.2 Å². The molecule has 0 saturated heterocycles. The number of fused-ring (bicyclic) bond motifs is 1. The number of hydrogen-bond donors (Lipinski definition) is 3. The number of aliphatic imine (C=N–C) groups is 1. The minimum absolute atomic E-state index is 0. The number of carbonyl (C=O) groups excluding carboxylic acids is 1. The molecule has 2 rings (SSSR count). The molecule has 6 nitrogen and oxygen atoms in total. The van der Waals surface area contributed by atoms with Crippen molar-refractivity contribution in [2.75, 3.05) is 32.8 Å². The Hall–Kier alpha value is -2.03. The van der Waals surface area contributed by atoms with Crippen molar-refractivity contribution in [3.05, 3.63) is 42.5 Å². The van der Waals surface area contributed by atoms with Gasteiger partial charge in [0.05, 0.1) is 6.61 Å². The van der Waals surface area contributed by atoms with E-state index in [-0.39, 0.29) is 36.4 Å². The maximum absolute atomic E-state index is 11.5. The molecule has 0 aliphatic carbocycles. The number of nitrogens with one attached hydrogen (secondary N) is 3. The number of hydrogen-bond acceptors (Lipinski definition) is 3. The van der Waals surface area contributed by atoms with E-state index in [1.54, 1.807) is 0 Å². The molecule has 0 spiro atoms. The van der Waals surface area contributed by atoms with Crippen molar-refractivity contribution in [2.24, 2.45) is 4.99 Å². The van der Waals surface area contributed by atoms with Gasteiger partial charge >= 0.3 is 0 Å². The summed E-state index contributed by atoms with van der Waals surface area (Å²) in [6.07, 6.45) is 0.832. The van der Waals surface area contributed by atoms with Crippen molar-refractivity contribution in [3.63, 3.8) is 0 Å². The van der Waals surface area contributed by atoms with Crippen LogP contribution in [-0.2, 0) is 4.79 Å². The first kappa shape index (κ1) is 23.0. The second kappa shape index (κ2) is 13.2. The van der Waals surface area contributed by atoms with Crippen LogP contribution in [0.4, 0.5) is 0 Å². The number of likely N-dealkylation sites (N-methyl/N-ethyl adjacent to an activating group) is 1. The molecule has 0 radical (unpaired) electrons. The summed E-state index contributed by atoms with van der Waals surface area (Å²) in [5.74, 6) is 1.44. The van der Waals surface area contributed by atoms with Crippen molar-refractivity contribution >= 4 is 46.6 Å². The van der Waals surface area contributed by atoms with Gasteiger partial charge in [-0.05, 0) is 43.2 Å². The summed E-state index contributed by atoms with van der Waals surface area (Å²) < 4.78 is 5.82. The topological polar surface area (TPSA) is 74.8 Å². The third-order valence-corrected chi connectivity index (χ3v) is 3.70. The van der Waals surface area contributed by atoms with Gasteiger partial charge < -0.3 is 20.7 Å². The van der Waals surface area contributed by atoms with Crippen LogP contribution in [0.15, 0.2) is 47.5 Å². The summed E-state index contributed by atoms with van der Waals surface area (Å²) in [4.78, 5) is 15.7. The number of benzene rings is 2. The summed E-state index contributed by atoms with van der Waals surface area (Å²) in [7, 11) is 0. The van der Waals surface area contributed by atoms with Crippen LogP contribution in [0, 0.1) is 0 Å². The summed E-state index contributed by atoms with van der Waals surface area (Å²) >= 11 is 0. The van der Waals surface area contributed by atoms with Crippen molar-refractivity contribution in [3.8, 4) is 5.75 Å². The van der Waals surface area contributed by atoms with Crippen LogP contribution in [-0.4, -0.2) is 44.7 Å². The van der Waals surface area contributed by atoms with Gasteiger partial charge in [-0.15, -0.1) is 24.0 Å². The van der Waals surface area contributed by atoms with Crippen molar-refractivity contribution in [1.82, 2.24) is 16.0 Å². The fourth-order valence-electron chi connectivity index (χ4n) is 2.47. The average Bonchev–Trinajstić information content (AvgIpc) is 2.66. The number of rotatable bonds is 9. The van der Waals surface area contributed by atoms with Crippen LogP contribution in [0.5, 0.6) is 5.75 Å². The van der Waals surface area contributed by atoms with E-state index < -0.39 is 0 Å². The molecule has 1 amide bonds. The molecule has 0 aromatic heterocycles. The molecule has 0 unspecified atom stereocenters. The number of halogens is 1. The number of amides is 1. The fraction of sp³-hybridized carbons (Fsp3) is 0.400. The van der Waals surface area contributed by atoms with Gasteiger partial charge in [-0.1, -0.05) is 30.3 Å². The molecule has 0 saturated carbocycles. The predicted molar refractivity (Wildman–Crippen MR) is 122 cm³/mol. The number of nitrogens with zero attached hydrogens (tertiary/aromatic N) is 1. The Morgan fingerprint density at radius 1 is 1.00 bits per heavy atom. The Morgan fingerprint density at radius 3 is 2.48 bits per heavy atom. The van der Waals surface area contributed by atoms with Crippen molar-refractivity contribution in [1.29, 1.82) is 0 Å². The molecule has 27 heavy (non-hydrogen) atoms. The molecule has 0 fully saturated rings. The van der Waals surface area contributed by atoms with Gasteiger partial charge in [0.15, 0.2) is 5.96 Å². The van der Waals surface area contributed by atoms with Crippen LogP contribution in [0.3, 0.4) is 0 Å². The summed E-state index contributed by atoms with van der Waals surface area (Å²) in [6.45, 7) is 6.69. The first-order chi connectivity index (χ1) is 12.7. The van der Waals surface area contributed by atoms with E-state index in [0.717, 1.165) is 25.3 Å². The van der Waals surface area contributed by atoms with Gasteiger partial charge in [0.2, 0.25) is 5.91 Å². The normalized spacial score (nSPS) is 10.8. The van der Waals surface area contributed by atoms with E-state index in [0.29, 0.717) is 19.1 Å². The van der Waals surface area contributed by atoms with Gasteiger partial charge in [0.1, 0.15) is 12.3 Å². The minimum Gasteiger partial charge on any atom is -0.494 e. The Bertz CT molecular complexity index is 737. The highest BCUT2D eigenvalue weighted by atomic mass is 127. The smallest absolute Gasteiger partial charge is 0.241 e. The minimum atomic E-state index is -0.0793. The zero-order valence-electron chi connectivity index (χ0n) is 16.0. The number of ether oxygens (including phenoxy) is 1. The molecule has 3 N–H and O–H groups in total. The zero-order valence-corrected chi connectivity index (χ0v) is 18.3. The zero-order chi connectivity index (χ0) is 18.6. The highest BCUT2D eigenvalue weighted by Crippen LogP contribution is 2.20. The van der Waals surface area contributed by atoms with Gasteiger partial charge in [0, 0.05) is 19.6 Å². The van der Waals surface area contributed by atoms with E-state index in [1.807, 2.05) is 32.0 Å². The van der Waals surface area contributed by atoms with Crippen LogP contribution >= 0.6 is 24.0 Å². The summed E-state index contributed by atoms with van der Waals surface area (Å²) in [6, 6.07) is 14.3. The Labute approximate surface area is 178 Å². The standard InChI is InChI=1S/C20H28N4O2.HI/c1-3-21-19(25)15-24-20(22-4-2)23-12-7-13-26-18-11-10-16-8-5-6-9-17(16)14-18;/h5-6,8-11,14H,3-4,7,12-13,15H2,1-2H3,(H,21,25)(H2,22,23,24);1H. The van der Waals surface area contributed by atoms with Crippen LogP contribution in [0.25, 0.3) is 10.8 Å². The molecule has 2 aromatic rings. The molecule has 0 aliphatic rings. The Morgan fingerprint density at radius 2 is 1.74 bits per heavy atom. The maximum atomic E-state index is 11.5. The van der Waals surface area contributed by atoms with Crippen molar-refractivity contribution in [2.45, 2.75) is 20.3 Å². The SMILES string of the molecule is CCNC(=O)CN=C(NCC)NCCCOc1ccc2ccccc2c1.I. The summed E-state index contributed by atoms with van der Waals surface area (Å²) in [5.41, 5.74) is 0. The Balaban J connectivity index is 0.00000364. The lowest BCUT2D eigenvalue weighted by Gasteiger charge is -2.12. The molecule has 148 valence electrons. The number of guanidine groups is 1. The van der Waals surface area contributed by atoms with Crippen LogP contribution < -0.4 is 20.7 Å². The third kappa shape index (κ3) is 8.47. The van der Waals surface area contributed by atoms with E-state index >= 15 is 0 Å². The predicted octanol–water partition coefficient (Wildman–Crippen LogP) is 2.92. The lowest BCUT2D eigenvalue weighted by Crippen LogP contribution is -2.39. The first-order valence-corrected chi connectivity index (χ1v) is 9.13. The molecule has 0 atom stereocenters. The largest absolute Gasteiger partial charge is 0.494 e. The first-order valence-electron chi connectivity index (χ1n) is 9.13. The highest BCUT2D eigenvalue weighted by Gasteiger charge is 2.01. The van der Waals surface area contributed by atoms with E-state index in [1.165, 1.54) is 10.8 Å². The van der Waals surface area contributed by atoms with Gasteiger partial charge in [0.25, 0.3) is 0 Å². The lowest BCUT2D eigenvalue weighted by atomic mass is 10.1. The molecular weight excluding hydrogens is 455 g/mol. The van der Waals surface area contributed by atoms with Crippen molar-refractivity contribution < 1.29 is 9.53 Å². The average molecular weight is 484 g/mol. The fourth-order valence-corrected chi connectivity index (χ4v) is 2.47. The highest BCUT2D eigenvalue weighted by molar-refractivity contribution is 14.0. The second-order valence-corrected chi connectivity index (χ2v) is 5.79. The molecular formula is C20H29IN4O2. The van der Waals surface area contributed by atoms with Gasteiger partial charge in [-0.25, -0.2) is 4.99 Å². The molecule has 7 heteroatoms. The van der Waals surface area contributed by atoms with E-state index in [9.17, 15) is 4.79 Å². The van der Waals surface area contributed by atoms with E-state index in [4.69, 9.17) is 4.74 Å². The van der Waals surface area contributed by atoms with Crippen LogP contribution in [0.1, 0.15) is 20.3 Å². The van der Waals surface area contributed by atoms with Gasteiger partial charge in [-0.2, -0.15) is 0 Å². The third-order valence-electron chi connectivity index (χ3n) is 3.70. The second-order valence-electron chi connectivity index (χ2n) is 5.79. The molecule has 2 aromatic carbocycles. The van der Waals surface area contributed by atoms with Gasteiger partial charge in [-0.3, -0.25) is 4.79 Å². The van der Waals surface area contributed by atoms with Crippen LogP contribution in [0.2, 0.25) is 0 Å². The molecule has 0 aliphatic heterocycles. The number of carbonyl (C=O) groups is 1. The lowest BCUT2D eigenvalue weighted by molar-refractivity contribution is -0.119. The molecule has 0 heterocycles. The maximum Gasteiger partial charge on any atom is 0.241 e. The monoisotopic (exact) mass is 484 g/mol. The Kier molecular flexibility index (Phi) is 11.2. The molecule has 0 bridgehead atoms. The summed E-state index contributed by atoms with van der Waals surface area (Å²) in [5, 5.41) is 11.5. The quantitative estimate of drug-likeness (QED) is 0.222.